The molecule has 3 N–H and O–H groups in total. The predicted molar refractivity (Wildman–Crippen MR) is 146 cm³/mol. The van der Waals surface area contributed by atoms with Crippen molar-refractivity contribution in [3.05, 3.63) is 108 Å². The van der Waals surface area contributed by atoms with E-state index in [0.29, 0.717) is 17.0 Å². The van der Waals surface area contributed by atoms with Gasteiger partial charge in [0.1, 0.15) is 18.1 Å². The van der Waals surface area contributed by atoms with E-state index in [1.54, 1.807) is 72.8 Å². The van der Waals surface area contributed by atoms with Crippen molar-refractivity contribution in [3.63, 3.8) is 0 Å². The minimum atomic E-state index is -3.70. The van der Waals surface area contributed by atoms with Crippen molar-refractivity contribution in [2.75, 3.05) is 10.0 Å². The maximum Gasteiger partial charge on any atom is 0.255 e. The maximum absolute atomic E-state index is 14.9. The first-order chi connectivity index (χ1) is 18.1. The molecule has 0 fully saturated rings. The topological polar surface area (TPSA) is 105 Å². The number of carbonyl (C=O) groups is 1. The Balaban J connectivity index is 1.43. The second-order valence-electron chi connectivity index (χ2n) is 8.87. The van der Waals surface area contributed by atoms with E-state index in [4.69, 9.17) is 4.74 Å². The van der Waals surface area contributed by atoms with Crippen LogP contribution in [-0.4, -0.2) is 24.7 Å². The van der Waals surface area contributed by atoms with Gasteiger partial charge < -0.3 is 15.2 Å². The summed E-state index contributed by atoms with van der Waals surface area (Å²) in [5.74, 6) is -0.474. The van der Waals surface area contributed by atoms with Crippen LogP contribution in [0, 0.1) is 5.82 Å². The molecule has 7 nitrogen and oxygen atoms in total. The number of phenols is 1. The molecule has 0 aromatic heterocycles. The van der Waals surface area contributed by atoms with E-state index < -0.39 is 21.1 Å². The van der Waals surface area contributed by atoms with Crippen molar-refractivity contribution in [1.29, 1.82) is 0 Å². The normalized spacial score (nSPS) is 11.3. The molecule has 1 amide bonds. The van der Waals surface area contributed by atoms with Crippen LogP contribution in [0.4, 0.5) is 15.8 Å². The van der Waals surface area contributed by atoms with Crippen molar-refractivity contribution >= 4 is 27.3 Å². The summed E-state index contributed by atoms with van der Waals surface area (Å²) in [5.41, 5.74) is 2.66. The molecule has 4 aromatic rings. The highest BCUT2D eigenvalue weighted by Crippen LogP contribution is 2.25. The highest BCUT2D eigenvalue weighted by Gasteiger charge is 2.19. The molecule has 0 unspecified atom stereocenters. The van der Waals surface area contributed by atoms with Gasteiger partial charge in [-0.05, 0) is 67.4 Å². The standard InChI is InChI=1S/C29H27FN2O5S/c1-19(2)38(35,36)32-27-11-4-8-23(28(27)30)18-37-26-10-5-9-24(17-26)31-29(34)22-7-3-6-21(16-22)20-12-14-25(33)15-13-20/h3-17,19,32-33H,18H2,1-2H3,(H,31,34). The van der Waals surface area contributed by atoms with Crippen LogP contribution >= 0.6 is 0 Å². The van der Waals surface area contributed by atoms with Gasteiger partial charge in [0.25, 0.3) is 5.91 Å². The van der Waals surface area contributed by atoms with Crippen molar-refractivity contribution < 1.29 is 27.4 Å². The lowest BCUT2D eigenvalue weighted by Gasteiger charge is -2.14. The summed E-state index contributed by atoms with van der Waals surface area (Å²) in [6.45, 7) is 2.87. The fraction of sp³-hybridized carbons (Fsp3) is 0.138. The minimum Gasteiger partial charge on any atom is -0.508 e. The molecule has 0 bridgehead atoms. The number of aromatic hydroxyl groups is 1. The van der Waals surface area contributed by atoms with Gasteiger partial charge in [0, 0.05) is 22.9 Å². The zero-order valence-electron chi connectivity index (χ0n) is 20.8. The van der Waals surface area contributed by atoms with Crippen molar-refractivity contribution in [3.8, 4) is 22.6 Å². The van der Waals surface area contributed by atoms with Crippen LogP contribution in [0.5, 0.6) is 11.5 Å². The Morgan fingerprint density at radius 2 is 1.63 bits per heavy atom. The zero-order valence-corrected chi connectivity index (χ0v) is 21.6. The Bertz CT molecular complexity index is 1550. The quantitative estimate of drug-likeness (QED) is 0.238. The zero-order chi connectivity index (χ0) is 27.3. The lowest BCUT2D eigenvalue weighted by Crippen LogP contribution is -2.23. The highest BCUT2D eigenvalue weighted by molar-refractivity contribution is 7.93. The average Bonchev–Trinajstić information content (AvgIpc) is 2.90. The smallest absolute Gasteiger partial charge is 0.255 e. The van der Waals surface area contributed by atoms with E-state index in [9.17, 15) is 22.7 Å². The number of hydrogen-bond acceptors (Lipinski definition) is 5. The van der Waals surface area contributed by atoms with Crippen molar-refractivity contribution in [2.24, 2.45) is 0 Å². The number of ether oxygens (including phenoxy) is 1. The van der Waals surface area contributed by atoms with Crippen LogP contribution in [0.3, 0.4) is 0 Å². The molecule has 0 radical (unpaired) electrons. The Kier molecular flexibility index (Phi) is 7.97. The van der Waals surface area contributed by atoms with E-state index in [1.165, 1.54) is 26.0 Å². The third kappa shape index (κ3) is 6.49. The first-order valence-corrected chi connectivity index (χ1v) is 13.4. The van der Waals surface area contributed by atoms with Gasteiger partial charge in [-0.3, -0.25) is 9.52 Å². The summed E-state index contributed by atoms with van der Waals surface area (Å²) in [5, 5.41) is 11.6. The van der Waals surface area contributed by atoms with E-state index in [0.717, 1.165) is 11.1 Å². The molecule has 0 saturated carbocycles. The van der Waals surface area contributed by atoms with Crippen LogP contribution < -0.4 is 14.8 Å². The van der Waals surface area contributed by atoms with Crippen LogP contribution in [0.1, 0.15) is 29.8 Å². The molecule has 4 rings (SSSR count). The van der Waals surface area contributed by atoms with Gasteiger partial charge in [0.05, 0.1) is 10.9 Å². The first kappa shape index (κ1) is 26.7. The molecule has 0 heterocycles. The summed E-state index contributed by atoms with van der Waals surface area (Å²) < 4.78 is 47.2. The molecule has 0 atom stereocenters. The number of rotatable bonds is 9. The van der Waals surface area contributed by atoms with Crippen molar-refractivity contribution in [1.82, 2.24) is 0 Å². The molecule has 4 aromatic carbocycles. The third-order valence-electron chi connectivity index (χ3n) is 5.76. The van der Waals surface area contributed by atoms with Crippen LogP contribution in [0.15, 0.2) is 91.0 Å². The molecule has 0 aliphatic carbocycles. The number of anilines is 2. The highest BCUT2D eigenvalue weighted by atomic mass is 32.2. The summed E-state index contributed by atoms with van der Waals surface area (Å²) in [6, 6.07) is 24.9. The van der Waals surface area contributed by atoms with Gasteiger partial charge in [-0.2, -0.15) is 0 Å². The van der Waals surface area contributed by atoms with Gasteiger partial charge >= 0.3 is 0 Å². The number of carbonyl (C=O) groups excluding carboxylic acids is 1. The summed E-state index contributed by atoms with van der Waals surface area (Å²) in [4.78, 5) is 12.9. The lowest BCUT2D eigenvalue weighted by atomic mass is 10.0. The predicted octanol–water partition coefficient (Wildman–Crippen LogP) is 6.18. The van der Waals surface area contributed by atoms with Crippen LogP contribution in [0.25, 0.3) is 11.1 Å². The van der Waals surface area contributed by atoms with Gasteiger partial charge in [0.15, 0.2) is 5.82 Å². The number of hydrogen-bond donors (Lipinski definition) is 3. The van der Waals surface area contributed by atoms with E-state index in [1.807, 2.05) is 6.07 Å². The Hall–Kier alpha value is -4.37. The number of nitrogens with one attached hydrogen (secondary N) is 2. The number of halogens is 1. The molecular formula is C29H27FN2O5S. The lowest BCUT2D eigenvalue weighted by molar-refractivity contribution is 0.102. The SMILES string of the molecule is CC(C)S(=O)(=O)Nc1cccc(COc2cccc(NC(=O)c3cccc(-c4ccc(O)cc4)c3)c2)c1F. The minimum absolute atomic E-state index is 0.143. The number of sulfonamides is 1. The van der Waals surface area contributed by atoms with Gasteiger partial charge in [0.2, 0.25) is 10.0 Å². The number of amides is 1. The molecule has 196 valence electrons. The van der Waals surface area contributed by atoms with Crippen molar-refractivity contribution in [2.45, 2.75) is 25.7 Å². The van der Waals surface area contributed by atoms with E-state index in [-0.39, 0.29) is 29.5 Å². The summed E-state index contributed by atoms with van der Waals surface area (Å²) in [6.07, 6.45) is 0. The molecule has 38 heavy (non-hydrogen) atoms. The third-order valence-corrected chi connectivity index (χ3v) is 7.51. The largest absolute Gasteiger partial charge is 0.508 e. The fourth-order valence-electron chi connectivity index (χ4n) is 3.56. The first-order valence-electron chi connectivity index (χ1n) is 11.8. The van der Waals surface area contributed by atoms with Crippen LogP contribution in [0.2, 0.25) is 0 Å². The Morgan fingerprint density at radius 1 is 0.921 bits per heavy atom. The van der Waals surface area contributed by atoms with E-state index >= 15 is 0 Å². The average molecular weight is 535 g/mol. The molecule has 9 heteroatoms. The summed E-state index contributed by atoms with van der Waals surface area (Å²) >= 11 is 0. The Labute approximate surface area is 221 Å². The molecule has 0 spiro atoms. The maximum atomic E-state index is 14.9. The van der Waals surface area contributed by atoms with Crippen LogP contribution in [-0.2, 0) is 16.6 Å². The number of benzene rings is 4. The number of phenolic OH excluding ortho intramolecular Hbond substituents is 1. The molecule has 0 aliphatic rings. The van der Waals surface area contributed by atoms with Gasteiger partial charge in [-0.1, -0.05) is 42.5 Å². The molecular weight excluding hydrogens is 507 g/mol. The molecule has 0 aliphatic heterocycles. The van der Waals surface area contributed by atoms with E-state index in [2.05, 4.69) is 10.0 Å². The monoisotopic (exact) mass is 534 g/mol. The van der Waals surface area contributed by atoms with Gasteiger partial charge in [-0.25, -0.2) is 12.8 Å². The molecule has 0 saturated heterocycles. The van der Waals surface area contributed by atoms with Gasteiger partial charge in [-0.15, -0.1) is 0 Å². The second kappa shape index (κ2) is 11.4. The summed E-state index contributed by atoms with van der Waals surface area (Å²) in [7, 11) is -3.70. The Morgan fingerprint density at radius 3 is 2.37 bits per heavy atom. The second-order valence-corrected chi connectivity index (χ2v) is 11.1. The fourth-order valence-corrected chi connectivity index (χ4v) is 4.26.